The zero-order valence-corrected chi connectivity index (χ0v) is 27.5. The van der Waals surface area contributed by atoms with Crippen LogP contribution in [0.25, 0.3) is 0 Å². The highest BCUT2D eigenvalue weighted by Gasteiger charge is 2.28. The van der Waals surface area contributed by atoms with E-state index in [4.69, 9.17) is 44.3 Å². The topological polar surface area (TPSA) is 97.3 Å². The maximum Gasteiger partial charge on any atom is 0.264 e. The standard InChI is InChI=1S/C30H25BrCl3N3O5S/c1-19-24(32)9-6-10-27(19)37(43(39,40)22-7-4-3-5-8-22)17-29(38)36-35-16-21-13-23(31)30(28(15-21)41-2)42-18-20-11-12-25(33)26(34)14-20/h3-16H,17-18H2,1-2H3,(H,36,38)/b35-16-. The van der Waals surface area contributed by atoms with Crippen molar-refractivity contribution >= 4 is 78.6 Å². The number of nitrogens with zero attached hydrogens (tertiary/aromatic N) is 2. The molecule has 0 saturated heterocycles. The van der Waals surface area contributed by atoms with Gasteiger partial charge in [0, 0.05) is 5.02 Å². The molecule has 0 bridgehead atoms. The Morgan fingerprint density at radius 2 is 1.72 bits per heavy atom. The number of hydrogen-bond acceptors (Lipinski definition) is 6. The maximum atomic E-state index is 13.6. The lowest BCUT2D eigenvalue weighted by atomic mass is 10.2. The van der Waals surface area contributed by atoms with Gasteiger partial charge in [-0.05, 0) is 88.1 Å². The summed E-state index contributed by atoms with van der Waals surface area (Å²) >= 11 is 21.8. The third-order valence-electron chi connectivity index (χ3n) is 6.15. The molecule has 1 amide bonds. The molecule has 4 aromatic rings. The number of anilines is 1. The molecule has 4 rings (SSSR count). The Kier molecular flexibility index (Phi) is 11.0. The molecule has 8 nitrogen and oxygen atoms in total. The zero-order chi connectivity index (χ0) is 31.1. The second-order valence-corrected chi connectivity index (χ2v) is 13.0. The number of carbonyl (C=O) groups excluding carboxylic acids is 1. The van der Waals surface area contributed by atoms with Gasteiger partial charge in [0.1, 0.15) is 13.2 Å². The molecular formula is C30H25BrCl3N3O5S. The predicted molar refractivity (Wildman–Crippen MR) is 174 cm³/mol. The minimum Gasteiger partial charge on any atom is -0.493 e. The first-order valence-electron chi connectivity index (χ1n) is 12.6. The van der Waals surface area contributed by atoms with Gasteiger partial charge in [-0.15, -0.1) is 0 Å². The van der Waals surface area contributed by atoms with E-state index in [0.717, 1.165) is 9.87 Å². The Labute approximate surface area is 273 Å². The summed E-state index contributed by atoms with van der Waals surface area (Å²) < 4.78 is 40.2. The number of hydrazone groups is 1. The van der Waals surface area contributed by atoms with Gasteiger partial charge < -0.3 is 9.47 Å². The Balaban J connectivity index is 1.50. The van der Waals surface area contributed by atoms with Gasteiger partial charge in [-0.1, -0.05) is 65.1 Å². The summed E-state index contributed by atoms with van der Waals surface area (Å²) in [6.07, 6.45) is 1.40. The van der Waals surface area contributed by atoms with Gasteiger partial charge in [0.2, 0.25) is 0 Å². The number of ether oxygens (including phenoxy) is 2. The molecule has 0 saturated carbocycles. The molecule has 13 heteroatoms. The minimum absolute atomic E-state index is 0.0316. The number of halogens is 4. The number of hydrogen-bond donors (Lipinski definition) is 1. The number of benzene rings is 4. The molecule has 0 radical (unpaired) electrons. The first-order valence-corrected chi connectivity index (χ1v) is 16.0. The first kappa shape index (κ1) is 32.6. The Hall–Kier alpha value is -3.28. The van der Waals surface area contributed by atoms with Gasteiger partial charge in [0.25, 0.3) is 15.9 Å². The molecule has 0 fully saturated rings. The molecule has 0 aliphatic heterocycles. The number of nitrogens with one attached hydrogen (secondary N) is 1. The highest BCUT2D eigenvalue weighted by Crippen LogP contribution is 2.37. The van der Waals surface area contributed by atoms with Crippen LogP contribution in [0.1, 0.15) is 16.7 Å². The van der Waals surface area contributed by atoms with Crippen molar-refractivity contribution in [1.29, 1.82) is 0 Å². The zero-order valence-electron chi connectivity index (χ0n) is 22.9. The van der Waals surface area contributed by atoms with E-state index in [-0.39, 0.29) is 17.2 Å². The van der Waals surface area contributed by atoms with Crippen molar-refractivity contribution in [3.8, 4) is 11.5 Å². The summed E-state index contributed by atoms with van der Waals surface area (Å²) in [5, 5.41) is 5.26. The molecular weight excluding hydrogens is 701 g/mol. The predicted octanol–water partition coefficient (Wildman–Crippen LogP) is 7.65. The van der Waals surface area contributed by atoms with Crippen LogP contribution in [0.4, 0.5) is 5.69 Å². The highest BCUT2D eigenvalue weighted by molar-refractivity contribution is 9.10. The third kappa shape index (κ3) is 8.01. The number of rotatable bonds is 11. The quantitative estimate of drug-likeness (QED) is 0.127. The van der Waals surface area contributed by atoms with Crippen LogP contribution in [0, 0.1) is 6.92 Å². The van der Waals surface area contributed by atoms with E-state index >= 15 is 0 Å². The van der Waals surface area contributed by atoms with Gasteiger partial charge in [-0.3, -0.25) is 9.10 Å². The summed E-state index contributed by atoms with van der Waals surface area (Å²) in [7, 11) is -2.61. The van der Waals surface area contributed by atoms with Crippen molar-refractivity contribution in [2.24, 2.45) is 5.10 Å². The molecule has 224 valence electrons. The summed E-state index contributed by atoms with van der Waals surface area (Å²) in [6, 6.07) is 21.3. The van der Waals surface area contributed by atoms with Gasteiger partial charge >= 0.3 is 0 Å². The number of methoxy groups -OCH3 is 1. The van der Waals surface area contributed by atoms with Crippen molar-refractivity contribution in [3.05, 3.63) is 115 Å². The lowest BCUT2D eigenvalue weighted by molar-refractivity contribution is -0.119. The fourth-order valence-corrected chi connectivity index (χ4v) is 6.53. The molecule has 0 aromatic heterocycles. The average molecular weight is 726 g/mol. The van der Waals surface area contributed by atoms with E-state index in [2.05, 4.69) is 26.5 Å². The van der Waals surface area contributed by atoms with Crippen LogP contribution in [0.2, 0.25) is 15.1 Å². The van der Waals surface area contributed by atoms with Crippen LogP contribution in [0.3, 0.4) is 0 Å². The fraction of sp³-hybridized carbons (Fsp3) is 0.133. The van der Waals surface area contributed by atoms with Crippen LogP contribution < -0.4 is 19.2 Å². The normalized spacial score (nSPS) is 11.4. The summed E-state index contributed by atoms with van der Waals surface area (Å²) in [5.74, 6) is 0.204. The minimum atomic E-state index is -4.10. The summed E-state index contributed by atoms with van der Waals surface area (Å²) in [5.41, 5.74) is 4.58. The van der Waals surface area contributed by atoms with E-state index in [1.54, 1.807) is 73.7 Å². The molecule has 4 aromatic carbocycles. The van der Waals surface area contributed by atoms with Crippen molar-refractivity contribution < 1.29 is 22.7 Å². The van der Waals surface area contributed by atoms with E-state index in [1.807, 2.05) is 0 Å². The van der Waals surface area contributed by atoms with Crippen LogP contribution in [-0.4, -0.2) is 34.2 Å². The van der Waals surface area contributed by atoms with E-state index in [1.165, 1.54) is 25.5 Å². The fourth-order valence-electron chi connectivity index (χ4n) is 3.97. The van der Waals surface area contributed by atoms with Crippen molar-refractivity contribution in [2.45, 2.75) is 18.4 Å². The molecule has 0 unspecified atom stereocenters. The van der Waals surface area contributed by atoms with Crippen LogP contribution in [0.15, 0.2) is 93.3 Å². The maximum absolute atomic E-state index is 13.6. The summed E-state index contributed by atoms with van der Waals surface area (Å²) in [6.45, 7) is 1.36. The first-order chi connectivity index (χ1) is 20.5. The molecule has 1 N–H and O–H groups in total. The highest BCUT2D eigenvalue weighted by atomic mass is 79.9. The lowest BCUT2D eigenvalue weighted by Crippen LogP contribution is -2.40. The van der Waals surface area contributed by atoms with Gasteiger partial charge in [0.05, 0.1) is 38.4 Å². The smallest absolute Gasteiger partial charge is 0.264 e. The summed E-state index contributed by atoms with van der Waals surface area (Å²) in [4.78, 5) is 13.0. The van der Waals surface area contributed by atoms with Gasteiger partial charge in [-0.25, -0.2) is 13.8 Å². The average Bonchev–Trinajstić information content (AvgIpc) is 2.99. The molecule has 0 aliphatic carbocycles. The molecule has 0 spiro atoms. The third-order valence-corrected chi connectivity index (χ3v) is 9.66. The second-order valence-electron chi connectivity index (χ2n) is 9.07. The second kappa shape index (κ2) is 14.5. The van der Waals surface area contributed by atoms with Crippen molar-refractivity contribution in [3.63, 3.8) is 0 Å². The van der Waals surface area contributed by atoms with Crippen LogP contribution in [-0.2, 0) is 21.4 Å². The van der Waals surface area contributed by atoms with Crippen molar-refractivity contribution in [1.82, 2.24) is 5.43 Å². The van der Waals surface area contributed by atoms with E-state index in [9.17, 15) is 13.2 Å². The Bertz CT molecular complexity index is 1770. The van der Waals surface area contributed by atoms with Crippen molar-refractivity contribution in [2.75, 3.05) is 18.0 Å². The van der Waals surface area contributed by atoms with Gasteiger partial charge in [-0.2, -0.15) is 5.10 Å². The molecule has 0 atom stereocenters. The SMILES string of the molecule is COc1cc(/C=N\NC(=O)CN(c2cccc(Cl)c2C)S(=O)(=O)c2ccccc2)cc(Br)c1OCc1ccc(Cl)c(Cl)c1. The molecule has 43 heavy (non-hydrogen) atoms. The lowest BCUT2D eigenvalue weighted by Gasteiger charge is -2.25. The van der Waals surface area contributed by atoms with E-state index < -0.39 is 22.5 Å². The molecule has 0 aliphatic rings. The van der Waals surface area contributed by atoms with Crippen LogP contribution >= 0.6 is 50.7 Å². The Morgan fingerprint density at radius 1 is 0.977 bits per heavy atom. The number of sulfonamides is 1. The van der Waals surface area contributed by atoms with Crippen LogP contribution in [0.5, 0.6) is 11.5 Å². The number of carbonyl (C=O) groups is 1. The Morgan fingerprint density at radius 3 is 2.42 bits per heavy atom. The number of amides is 1. The molecule has 0 heterocycles. The monoisotopic (exact) mass is 723 g/mol. The largest absolute Gasteiger partial charge is 0.493 e. The van der Waals surface area contributed by atoms with Gasteiger partial charge in [0.15, 0.2) is 11.5 Å². The van der Waals surface area contributed by atoms with E-state index in [0.29, 0.717) is 42.2 Å².